The second kappa shape index (κ2) is 10.6. The van der Waals surface area contributed by atoms with Crippen LogP contribution in [0.5, 0.6) is 57.5 Å². The Labute approximate surface area is 305 Å². The van der Waals surface area contributed by atoms with E-state index in [1.165, 1.54) is 44.6 Å². The van der Waals surface area contributed by atoms with Crippen molar-refractivity contribution in [3.05, 3.63) is 142 Å². The molecule has 54 heavy (non-hydrogen) atoms. The van der Waals surface area contributed by atoms with Crippen LogP contribution < -0.4 is 18.9 Å². The SMILES string of the molecule is COc1cc2c(cc1O)Oc1c3cc(OC)c(O)c1-c1cccc4c1C(=O)OC234.O=C1OC2(c3ccc(O)cc3Oc3cc(O)ccc32)c2ccccc21. The summed E-state index contributed by atoms with van der Waals surface area (Å²) in [5.74, 6) is 0.807. The van der Waals surface area contributed by atoms with Gasteiger partial charge in [-0.1, -0.05) is 36.4 Å². The summed E-state index contributed by atoms with van der Waals surface area (Å²) in [5, 5.41) is 40.8. The number of methoxy groups -OCH3 is 2. The van der Waals surface area contributed by atoms with Crippen molar-refractivity contribution in [2.24, 2.45) is 0 Å². The van der Waals surface area contributed by atoms with E-state index >= 15 is 0 Å². The second-order valence-corrected chi connectivity index (χ2v) is 13.2. The summed E-state index contributed by atoms with van der Waals surface area (Å²) in [6, 6.07) is 26.6. The van der Waals surface area contributed by atoms with Crippen LogP contribution in [-0.4, -0.2) is 46.6 Å². The van der Waals surface area contributed by atoms with E-state index in [0.29, 0.717) is 78.6 Å². The molecule has 12 nitrogen and oxygen atoms in total. The van der Waals surface area contributed by atoms with Gasteiger partial charge in [0.05, 0.1) is 42.0 Å². The van der Waals surface area contributed by atoms with Crippen molar-refractivity contribution < 1.29 is 58.4 Å². The molecule has 4 heterocycles. The molecule has 266 valence electrons. The molecule has 4 N–H and O–H groups in total. The summed E-state index contributed by atoms with van der Waals surface area (Å²) in [5.41, 5.74) is 2.90. The van der Waals surface area contributed by atoms with E-state index in [1.807, 2.05) is 18.2 Å². The third-order valence-corrected chi connectivity index (χ3v) is 10.5. The number of carbonyl (C=O) groups excluding carboxylic acids is 2. The molecule has 2 spiro atoms. The fraction of sp³-hybridized carbons (Fsp3) is 0.0952. The largest absolute Gasteiger partial charge is 0.508 e. The zero-order chi connectivity index (χ0) is 37.3. The van der Waals surface area contributed by atoms with E-state index in [1.54, 1.807) is 48.5 Å². The maximum atomic E-state index is 13.0. The van der Waals surface area contributed by atoms with Gasteiger partial charge in [0.25, 0.3) is 0 Å². The van der Waals surface area contributed by atoms with E-state index in [2.05, 4.69) is 0 Å². The van der Waals surface area contributed by atoms with Gasteiger partial charge in [-0.2, -0.15) is 0 Å². The highest BCUT2D eigenvalue weighted by atomic mass is 16.6. The molecule has 11 rings (SSSR count). The molecule has 5 aliphatic rings. The molecule has 0 amide bonds. The minimum absolute atomic E-state index is 0.0371. The summed E-state index contributed by atoms with van der Waals surface area (Å²) in [4.78, 5) is 25.5. The van der Waals surface area contributed by atoms with E-state index in [-0.39, 0.29) is 34.5 Å². The van der Waals surface area contributed by atoms with Gasteiger partial charge in [-0.3, -0.25) is 0 Å². The topological polar surface area (TPSA) is 170 Å². The van der Waals surface area contributed by atoms with Crippen molar-refractivity contribution in [3.8, 4) is 68.6 Å². The van der Waals surface area contributed by atoms with Gasteiger partial charge in [-0.15, -0.1) is 0 Å². The molecular weight excluding hydrogens is 696 g/mol. The molecule has 7 bridgehead atoms. The Bertz CT molecular complexity index is 2650. The quantitative estimate of drug-likeness (QED) is 0.132. The number of benzene rings is 6. The standard InChI is InChI=1S/C22H14O7.C20H12O5/c1-26-15-6-11-14(8-13(15)23)28-20-12-7-16(27-2)19(24)18(20)9-4-3-5-10-17(9)21(25)29-22(10,11)12;21-11-5-7-15-17(9-11)24-18-10-12(22)6-8-16(18)20(15)14-4-2-1-3-13(14)19(23)25-20/h3-8,23-24H,1-2H3;1-10,21-22H. The van der Waals surface area contributed by atoms with Gasteiger partial charge in [-0.25, -0.2) is 9.59 Å². The molecule has 6 aromatic rings. The lowest BCUT2D eigenvalue weighted by atomic mass is 9.77. The first-order chi connectivity index (χ1) is 26.1. The Morgan fingerprint density at radius 2 is 1.11 bits per heavy atom. The molecule has 1 unspecified atom stereocenters. The van der Waals surface area contributed by atoms with Crippen LogP contribution in [0.15, 0.2) is 97.1 Å². The smallest absolute Gasteiger partial charge is 0.340 e. The van der Waals surface area contributed by atoms with Crippen LogP contribution in [0, 0.1) is 0 Å². The van der Waals surface area contributed by atoms with E-state index < -0.39 is 23.1 Å². The van der Waals surface area contributed by atoms with Crippen molar-refractivity contribution in [1.29, 1.82) is 0 Å². The zero-order valence-corrected chi connectivity index (χ0v) is 28.3. The molecular formula is C42H26O12. The molecule has 0 saturated heterocycles. The Morgan fingerprint density at radius 1 is 0.519 bits per heavy atom. The van der Waals surface area contributed by atoms with Crippen molar-refractivity contribution in [3.63, 3.8) is 0 Å². The number of aromatic hydroxyl groups is 4. The fourth-order valence-electron chi connectivity index (χ4n) is 8.30. The van der Waals surface area contributed by atoms with E-state index in [0.717, 1.165) is 0 Å². The number of ether oxygens (including phenoxy) is 6. The van der Waals surface area contributed by atoms with Crippen LogP contribution in [0.2, 0.25) is 0 Å². The van der Waals surface area contributed by atoms with Gasteiger partial charge in [0.2, 0.25) is 0 Å². The maximum absolute atomic E-state index is 13.0. The molecule has 0 radical (unpaired) electrons. The minimum Gasteiger partial charge on any atom is -0.508 e. The highest BCUT2D eigenvalue weighted by Crippen LogP contribution is 2.65. The van der Waals surface area contributed by atoms with Crippen LogP contribution in [0.25, 0.3) is 11.1 Å². The second-order valence-electron chi connectivity index (χ2n) is 13.2. The van der Waals surface area contributed by atoms with Gasteiger partial charge in [-0.05, 0) is 42.5 Å². The molecule has 0 fully saturated rings. The number of phenolic OH excluding ortho intramolecular Hbond substituents is 4. The first-order valence-electron chi connectivity index (χ1n) is 16.7. The lowest BCUT2D eigenvalue weighted by Gasteiger charge is -2.37. The Hall–Kier alpha value is -7.34. The van der Waals surface area contributed by atoms with E-state index in [9.17, 15) is 30.0 Å². The summed E-state index contributed by atoms with van der Waals surface area (Å²) < 4.78 is 34.6. The monoisotopic (exact) mass is 722 g/mol. The number of hydrogen-bond donors (Lipinski definition) is 4. The molecule has 0 saturated carbocycles. The summed E-state index contributed by atoms with van der Waals surface area (Å²) in [6.07, 6.45) is 0. The summed E-state index contributed by atoms with van der Waals surface area (Å²) >= 11 is 0. The minimum atomic E-state index is -1.31. The first kappa shape index (κ1) is 31.4. The highest BCUT2D eigenvalue weighted by Gasteiger charge is 2.58. The third-order valence-electron chi connectivity index (χ3n) is 10.5. The van der Waals surface area contributed by atoms with Gasteiger partial charge in [0.1, 0.15) is 34.5 Å². The fourth-order valence-corrected chi connectivity index (χ4v) is 8.30. The van der Waals surface area contributed by atoms with Crippen LogP contribution in [0.4, 0.5) is 0 Å². The zero-order valence-electron chi connectivity index (χ0n) is 28.3. The lowest BCUT2D eigenvalue weighted by molar-refractivity contribution is 0.0212. The van der Waals surface area contributed by atoms with Gasteiger partial charge < -0.3 is 48.8 Å². The maximum Gasteiger partial charge on any atom is 0.340 e. The number of phenols is 4. The van der Waals surface area contributed by atoms with Crippen molar-refractivity contribution in [1.82, 2.24) is 0 Å². The average Bonchev–Trinajstić information content (AvgIpc) is 3.62. The van der Waals surface area contributed by atoms with Crippen molar-refractivity contribution >= 4 is 11.9 Å². The highest BCUT2D eigenvalue weighted by molar-refractivity contribution is 6.07. The third kappa shape index (κ3) is 3.80. The molecule has 1 atom stereocenters. The lowest BCUT2D eigenvalue weighted by Crippen LogP contribution is -2.33. The Kier molecular flexibility index (Phi) is 6.17. The van der Waals surface area contributed by atoms with Crippen LogP contribution >= 0.6 is 0 Å². The van der Waals surface area contributed by atoms with Crippen LogP contribution in [0.1, 0.15) is 54.1 Å². The summed E-state index contributed by atoms with van der Waals surface area (Å²) in [6.45, 7) is 0. The number of hydrogen-bond acceptors (Lipinski definition) is 12. The van der Waals surface area contributed by atoms with Crippen LogP contribution in [0.3, 0.4) is 0 Å². The number of carbonyl (C=O) groups is 2. The molecule has 0 aromatic heterocycles. The predicted octanol–water partition coefficient (Wildman–Crippen LogP) is 7.33. The number of fused-ring (bicyclic) bond motifs is 8. The first-order valence-corrected chi connectivity index (χ1v) is 16.7. The Balaban J connectivity index is 0.000000135. The normalized spacial score (nSPS) is 17.5. The molecule has 12 heteroatoms. The Morgan fingerprint density at radius 3 is 1.81 bits per heavy atom. The van der Waals surface area contributed by atoms with Crippen molar-refractivity contribution in [2.45, 2.75) is 11.2 Å². The van der Waals surface area contributed by atoms with E-state index in [4.69, 9.17) is 28.4 Å². The molecule has 4 aliphatic heterocycles. The van der Waals surface area contributed by atoms with Crippen LogP contribution in [-0.2, 0) is 20.7 Å². The van der Waals surface area contributed by atoms with Gasteiger partial charge in [0.15, 0.2) is 34.2 Å². The number of rotatable bonds is 2. The predicted molar refractivity (Wildman–Crippen MR) is 188 cm³/mol. The average molecular weight is 723 g/mol. The molecule has 6 aromatic carbocycles. The number of esters is 2. The molecule has 1 aliphatic carbocycles. The van der Waals surface area contributed by atoms with Crippen molar-refractivity contribution in [2.75, 3.05) is 14.2 Å². The summed E-state index contributed by atoms with van der Waals surface area (Å²) in [7, 11) is 2.90. The van der Waals surface area contributed by atoms with Gasteiger partial charge in [0, 0.05) is 46.0 Å². The van der Waals surface area contributed by atoms with Gasteiger partial charge >= 0.3 is 11.9 Å².